The van der Waals surface area contributed by atoms with Gasteiger partial charge < -0.3 is 15.8 Å². The molecule has 1 aliphatic heterocycles. The van der Waals surface area contributed by atoms with Crippen molar-refractivity contribution in [2.24, 2.45) is 5.18 Å². The van der Waals surface area contributed by atoms with Gasteiger partial charge in [-0.25, -0.2) is 4.98 Å². The number of piperidine rings is 1. The van der Waals surface area contributed by atoms with Crippen LogP contribution in [0.1, 0.15) is 18.4 Å². The van der Waals surface area contributed by atoms with Crippen LogP contribution in [0.2, 0.25) is 0 Å². The van der Waals surface area contributed by atoms with Crippen LogP contribution in [-0.2, 0) is 6.54 Å². The number of benzene rings is 1. The number of ether oxygens (including phenoxy) is 1. The Bertz CT molecular complexity index is 712. The van der Waals surface area contributed by atoms with Crippen LogP contribution in [-0.4, -0.2) is 36.1 Å². The van der Waals surface area contributed by atoms with E-state index in [1.54, 1.807) is 19.4 Å². The minimum absolute atomic E-state index is 0.197. The van der Waals surface area contributed by atoms with Crippen molar-refractivity contribution in [1.82, 2.24) is 9.88 Å². The van der Waals surface area contributed by atoms with Gasteiger partial charge in [-0.1, -0.05) is 12.1 Å². The minimum atomic E-state index is 0.197. The summed E-state index contributed by atoms with van der Waals surface area (Å²) in [6.45, 7) is 2.89. The van der Waals surface area contributed by atoms with Gasteiger partial charge in [0.05, 0.1) is 12.8 Å². The van der Waals surface area contributed by atoms with Gasteiger partial charge in [-0.05, 0) is 41.8 Å². The van der Waals surface area contributed by atoms with Crippen molar-refractivity contribution in [3.8, 4) is 5.75 Å². The van der Waals surface area contributed by atoms with Crippen molar-refractivity contribution in [2.45, 2.75) is 25.4 Å². The van der Waals surface area contributed by atoms with Gasteiger partial charge in [-0.3, -0.25) is 4.90 Å². The molecular weight excluding hydrogens is 318 g/mol. The van der Waals surface area contributed by atoms with Crippen molar-refractivity contribution < 1.29 is 4.74 Å². The van der Waals surface area contributed by atoms with Gasteiger partial charge in [0.15, 0.2) is 11.5 Å². The van der Waals surface area contributed by atoms with Gasteiger partial charge in [0.25, 0.3) is 0 Å². The van der Waals surface area contributed by atoms with Crippen molar-refractivity contribution in [3.63, 3.8) is 0 Å². The van der Waals surface area contributed by atoms with Gasteiger partial charge in [0.2, 0.25) is 0 Å². The number of methoxy groups -OCH3 is 1. The third kappa shape index (κ3) is 4.24. The van der Waals surface area contributed by atoms with Crippen LogP contribution in [0, 0.1) is 4.91 Å². The van der Waals surface area contributed by atoms with E-state index in [1.165, 1.54) is 5.56 Å². The molecule has 0 radical (unpaired) electrons. The molecule has 0 atom stereocenters. The molecule has 0 saturated carbocycles. The maximum absolute atomic E-state index is 11.0. The zero-order valence-corrected chi connectivity index (χ0v) is 14.3. The lowest BCUT2D eigenvalue weighted by atomic mass is 10.0. The van der Waals surface area contributed by atoms with E-state index in [4.69, 9.17) is 10.5 Å². The molecule has 2 heterocycles. The Labute approximate surface area is 147 Å². The highest BCUT2D eigenvalue weighted by Crippen LogP contribution is 2.30. The predicted molar refractivity (Wildman–Crippen MR) is 99.0 cm³/mol. The first kappa shape index (κ1) is 17.2. The second kappa shape index (κ2) is 7.94. The fourth-order valence-electron chi connectivity index (χ4n) is 3.09. The van der Waals surface area contributed by atoms with Gasteiger partial charge >= 0.3 is 0 Å². The standard InChI is InChI=1S/C18H23N5O2/c1-25-15-4-2-13(3-5-15)12-23-10-7-14(8-11-23)21-18-17(22-24)16(19)6-9-20-18/h2-6,9,14H,7-8,10-12H2,1H3,(H3,19,20,21). The van der Waals surface area contributed by atoms with Crippen LogP contribution in [0.25, 0.3) is 0 Å². The van der Waals surface area contributed by atoms with Crippen molar-refractivity contribution in [2.75, 3.05) is 31.2 Å². The van der Waals surface area contributed by atoms with E-state index in [0.717, 1.165) is 38.2 Å². The van der Waals surface area contributed by atoms with Gasteiger partial charge in [0, 0.05) is 31.9 Å². The smallest absolute Gasteiger partial charge is 0.173 e. The first-order valence-corrected chi connectivity index (χ1v) is 8.39. The average Bonchev–Trinajstić information content (AvgIpc) is 2.64. The van der Waals surface area contributed by atoms with Crippen LogP contribution >= 0.6 is 0 Å². The molecule has 0 aliphatic carbocycles. The summed E-state index contributed by atoms with van der Waals surface area (Å²) >= 11 is 0. The molecule has 1 aromatic heterocycles. The first-order chi connectivity index (χ1) is 12.2. The maximum Gasteiger partial charge on any atom is 0.173 e. The monoisotopic (exact) mass is 341 g/mol. The summed E-state index contributed by atoms with van der Waals surface area (Å²) in [5, 5.41) is 6.31. The predicted octanol–water partition coefficient (Wildman–Crippen LogP) is 3.15. The molecule has 1 saturated heterocycles. The number of nitrogens with one attached hydrogen (secondary N) is 1. The summed E-state index contributed by atoms with van der Waals surface area (Å²) in [6, 6.07) is 10.0. The van der Waals surface area contributed by atoms with Crippen LogP contribution < -0.4 is 15.8 Å². The average molecular weight is 341 g/mol. The summed E-state index contributed by atoms with van der Waals surface area (Å²) in [5.74, 6) is 1.35. The van der Waals surface area contributed by atoms with Crippen molar-refractivity contribution in [1.29, 1.82) is 0 Å². The molecule has 0 unspecified atom stereocenters. The number of nitrogens with two attached hydrogens (primary N) is 1. The molecule has 0 bridgehead atoms. The zero-order chi connectivity index (χ0) is 17.6. The fraction of sp³-hybridized carbons (Fsp3) is 0.389. The molecular formula is C18H23N5O2. The number of hydrogen-bond acceptors (Lipinski definition) is 7. The molecule has 7 heteroatoms. The Kier molecular flexibility index (Phi) is 5.45. The quantitative estimate of drug-likeness (QED) is 0.784. The number of nitrogens with zero attached hydrogens (tertiary/aromatic N) is 3. The summed E-state index contributed by atoms with van der Waals surface area (Å²) in [7, 11) is 1.67. The van der Waals surface area contributed by atoms with E-state index in [0.29, 0.717) is 11.5 Å². The summed E-state index contributed by atoms with van der Waals surface area (Å²) in [6.07, 6.45) is 3.54. The van der Waals surface area contributed by atoms with Crippen LogP contribution in [0.15, 0.2) is 41.7 Å². The Morgan fingerprint density at radius 1 is 1.28 bits per heavy atom. The Balaban J connectivity index is 1.53. The lowest BCUT2D eigenvalue weighted by Crippen LogP contribution is -2.38. The number of likely N-dealkylation sites (tertiary alicyclic amines) is 1. The second-order valence-corrected chi connectivity index (χ2v) is 6.23. The Morgan fingerprint density at radius 3 is 2.64 bits per heavy atom. The highest BCUT2D eigenvalue weighted by molar-refractivity contribution is 5.74. The van der Waals surface area contributed by atoms with Gasteiger partial charge in [-0.2, -0.15) is 0 Å². The van der Waals surface area contributed by atoms with Gasteiger partial charge in [0.1, 0.15) is 5.75 Å². The molecule has 1 fully saturated rings. The third-order valence-corrected chi connectivity index (χ3v) is 4.54. The number of nitroso groups, excluding NO2 is 1. The minimum Gasteiger partial charge on any atom is -0.497 e. The van der Waals surface area contributed by atoms with Crippen molar-refractivity contribution in [3.05, 3.63) is 47.0 Å². The molecule has 25 heavy (non-hydrogen) atoms. The zero-order valence-electron chi connectivity index (χ0n) is 14.3. The number of rotatable bonds is 6. The van der Waals surface area contributed by atoms with Crippen LogP contribution in [0.4, 0.5) is 17.2 Å². The van der Waals surface area contributed by atoms with Crippen LogP contribution in [0.3, 0.4) is 0 Å². The molecule has 3 rings (SSSR count). The molecule has 1 aliphatic rings. The molecule has 1 aromatic carbocycles. The molecule has 7 nitrogen and oxygen atoms in total. The van der Waals surface area contributed by atoms with E-state index in [1.807, 2.05) is 12.1 Å². The number of pyridine rings is 1. The fourth-order valence-corrected chi connectivity index (χ4v) is 3.09. The molecule has 0 spiro atoms. The molecule has 3 N–H and O–H groups in total. The lowest BCUT2D eigenvalue weighted by Gasteiger charge is -2.32. The van der Waals surface area contributed by atoms with E-state index < -0.39 is 0 Å². The number of nitrogen functional groups attached to an aromatic ring is 1. The SMILES string of the molecule is COc1ccc(CN2CCC(Nc3nccc(N)c3N=O)CC2)cc1. The highest BCUT2D eigenvalue weighted by atomic mass is 16.5. The topological polar surface area (TPSA) is 92.8 Å². The maximum atomic E-state index is 11.0. The number of anilines is 2. The van der Waals surface area contributed by atoms with E-state index in [-0.39, 0.29) is 11.7 Å². The normalized spacial score (nSPS) is 15.7. The summed E-state index contributed by atoms with van der Waals surface area (Å²) < 4.78 is 5.19. The lowest BCUT2D eigenvalue weighted by molar-refractivity contribution is 0.211. The Morgan fingerprint density at radius 2 is 2.00 bits per heavy atom. The second-order valence-electron chi connectivity index (χ2n) is 6.23. The van der Waals surface area contributed by atoms with E-state index in [9.17, 15) is 4.91 Å². The van der Waals surface area contributed by atoms with Gasteiger partial charge in [-0.15, -0.1) is 4.91 Å². The largest absolute Gasteiger partial charge is 0.497 e. The summed E-state index contributed by atoms with van der Waals surface area (Å²) in [5.41, 5.74) is 7.60. The molecule has 0 amide bonds. The first-order valence-electron chi connectivity index (χ1n) is 8.39. The number of aromatic nitrogens is 1. The third-order valence-electron chi connectivity index (χ3n) is 4.54. The van der Waals surface area contributed by atoms with E-state index >= 15 is 0 Å². The Hall–Kier alpha value is -2.67. The van der Waals surface area contributed by atoms with Crippen LogP contribution in [0.5, 0.6) is 5.75 Å². The highest BCUT2D eigenvalue weighted by Gasteiger charge is 2.21. The van der Waals surface area contributed by atoms with Crippen molar-refractivity contribution >= 4 is 17.2 Å². The summed E-state index contributed by atoms with van der Waals surface area (Å²) in [4.78, 5) is 17.6. The van der Waals surface area contributed by atoms with E-state index in [2.05, 4.69) is 32.5 Å². The molecule has 2 aromatic rings. The number of hydrogen-bond donors (Lipinski definition) is 2. The molecule has 132 valence electrons.